The van der Waals surface area contributed by atoms with Crippen LogP contribution < -0.4 is 11.1 Å². The van der Waals surface area contributed by atoms with E-state index >= 15 is 0 Å². The first-order chi connectivity index (χ1) is 8.88. The first-order valence-corrected chi connectivity index (χ1v) is 5.53. The SMILES string of the molecule is Cc1ccnc(Nc2cccc(C(F)(F)F)c2)c1N. The van der Waals surface area contributed by atoms with Crippen LogP contribution in [0, 0.1) is 6.92 Å². The fourth-order valence-corrected chi connectivity index (χ4v) is 1.58. The standard InChI is InChI=1S/C13H12F3N3/c1-8-5-6-18-12(11(8)17)19-10-4-2-3-9(7-10)13(14,15)16/h2-7H,17H2,1H3,(H,18,19). The van der Waals surface area contributed by atoms with Gasteiger partial charge in [-0.2, -0.15) is 13.2 Å². The number of aryl methyl sites for hydroxylation is 1. The number of nitrogens with one attached hydrogen (secondary N) is 1. The molecule has 0 spiro atoms. The number of nitrogens with zero attached hydrogens (tertiary/aromatic N) is 1. The van der Waals surface area contributed by atoms with Gasteiger partial charge in [0.15, 0.2) is 5.82 Å². The molecule has 1 heterocycles. The quantitative estimate of drug-likeness (QED) is 0.871. The molecule has 2 rings (SSSR count). The summed E-state index contributed by atoms with van der Waals surface area (Å²) >= 11 is 0. The molecule has 19 heavy (non-hydrogen) atoms. The van der Waals surface area contributed by atoms with Gasteiger partial charge in [-0.25, -0.2) is 4.98 Å². The average molecular weight is 267 g/mol. The van der Waals surface area contributed by atoms with Gasteiger partial charge in [0.05, 0.1) is 11.3 Å². The van der Waals surface area contributed by atoms with E-state index in [1.165, 1.54) is 12.1 Å². The van der Waals surface area contributed by atoms with Gasteiger partial charge >= 0.3 is 6.18 Å². The average Bonchev–Trinajstić information content (AvgIpc) is 2.34. The lowest BCUT2D eigenvalue weighted by atomic mass is 10.2. The summed E-state index contributed by atoms with van der Waals surface area (Å²) in [6.07, 6.45) is -2.83. The number of anilines is 3. The molecular formula is C13H12F3N3. The largest absolute Gasteiger partial charge is 0.416 e. The Morgan fingerprint density at radius 2 is 1.95 bits per heavy atom. The number of pyridine rings is 1. The highest BCUT2D eigenvalue weighted by Crippen LogP contribution is 2.32. The molecule has 2 aromatic rings. The molecule has 3 N–H and O–H groups in total. The van der Waals surface area contributed by atoms with E-state index in [4.69, 9.17) is 5.73 Å². The maximum Gasteiger partial charge on any atom is 0.416 e. The molecule has 3 nitrogen and oxygen atoms in total. The normalized spacial score (nSPS) is 11.4. The molecule has 1 aromatic carbocycles. The van der Waals surface area contributed by atoms with E-state index in [1.54, 1.807) is 19.2 Å². The fourth-order valence-electron chi connectivity index (χ4n) is 1.58. The summed E-state index contributed by atoms with van der Waals surface area (Å²) in [7, 11) is 0. The summed E-state index contributed by atoms with van der Waals surface area (Å²) in [5.41, 5.74) is 6.61. The van der Waals surface area contributed by atoms with E-state index in [2.05, 4.69) is 10.3 Å². The molecule has 0 aliphatic rings. The Labute approximate surface area is 108 Å². The van der Waals surface area contributed by atoms with Gasteiger partial charge in [0.25, 0.3) is 0 Å². The van der Waals surface area contributed by atoms with E-state index in [-0.39, 0.29) is 0 Å². The molecule has 6 heteroatoms. The van der Waals surface area contributed by atoms with E-state index in [1.807, 2.05) is 0 Å². The number of aromatic nitrogens is 1. The molecule has 0 saturated heterocycles. The number of alkyl halides is 3. The summed E-state index contributed by atoms with van der Waals surface area (Å²) in [4.78, 5) is 4.01. The predicted molar refractivity (Wildman–Crippen MR) is 68.1 cm³/mol. The molecule has 100 valence electrons. The number of benzene rings is 1. The zero-order valence-electron chi connectivity index (χ0n) is 10.1. The van der Waals surface area contributed by atoms with Gasteiger partial charge in [-0.15, -0.1) is 0 Å². The van der Waals surface area contributed by atoms with Crippen LogP contribution in [0.3, 0.4) is 0 Å². The molecule has 0 saturated carbocycles. The van der Waals surface area contributed by atoms with Crippen molar-refractivity contribution >= 4 is 17.2 Å². The van der Waals surface area contributed by atoms with Crippen molar-refractivity contribution < 1.29 is 13.2 Å². The minimum absolute atomic E-state index is 0.291. The molecule has 0 atom stereocenters. The summed E-state index contributed by atoms with van der Waals surface area (Å²) < 4.78 is 37.7. The highest BCUT2D eigenvalue weighted by atomic mass is 19.4. The van der Waals surface area contributed by atoms with Crippen molar-refractivity contribution in [1.82, 2.24) is 4.98 Å². The Morgan fingerprint density at radius 3 is 2.63 bits per heavy atom. The van der Waals surface area contributed by atoms with Crippen molar-refractivity contribution in [3.63, 3.8) is 0 Å². The summed E-state index contributed by atoms with van der Waals surface area (Å²) in [5.74, 6) is 0.347. The van der Waals surface area contributed by atoms with Crippen molar-refractivity contribution in [1.29, 1.82) is 0 Å². The zero-order chi connectivity index (χ0) is 14.0. The second-order valence-electron chi connectivity index (χ2n) is 4.09. The highest BCUT2D eigenvalue weighted by molar-refractivity contribution is 5.71. The predicted octanol–water partition coefficient (Wildman–Crippen LogP) is 3.73. The summed E-state index contributed by atoms with van der Waals surface area (Å²) in [6, 6.07) is 6.62. The van der Waals surface area contributed by atoms with Crippen LogP contribution in [0.5, 0.6) is 0 Å². The molecule has 0 radical (unpaired) electrons. The number of hydrogen-bond donors (Lipinski definition) is 2. The molecule has 0 amide bonds. The number of nitrogen functional groups attached to an aromatic ring is 1. The van der Waals surface area contributed by atoms with E-state index in [9.17, 15) is 13.2 Å². The zero-order valence-corrected chi connectivity index (χ0v) is 10.1. The van der Waals surface area contributed by atoms with E-state index in [0.717, 1.165) is 17.7 Å². The Kier molecular flexibility index (Phi) is 3.33. The Balaban J connectivity index is 2.31. The first kappa shape index (κ1) is 13.2. The van der Waals surface area contributed by atoms with Crippen molar-refractivity contribution in [3.8, 4) is 0 Å². The first-order valence-electron chi connectivity index (χ1n) is 5.53. The van der Waals surface area contributed by atoms with Gasteiger partial charge in [-0.1, -0.05) is 6.07 Å². The van der Waals surface area contributed by atoms with Gasteiger partial charge in [-0.05, 0) is 36.8 Å². The molecule has 0 unspecified atom stereocenters. The fraction of sp³-hybridized carbons (Fsp3) is 0.154. The number of hydrogen-bond acceptors (Lipinski definition) is 3. The third-order valence-electron chi connectivity index (χ3n) is 2.66. The highest BCUT2D eigenvalue weighted by Gasteiger charge is 2.30. The monoisotopic (exact) mass is 267 g/mol. The maximum absolute atomic E-state index is 12.6. The summed E-state index contributed by atoms with van der Waals surface area (Å²) in [5, 5.41) is 2.79. The van der Waals surface area contributed by atoms with E-state index < -0.39 is 11.7 Å². The molecule has 1 aromatic heterocycles. The minimum atomic E-state index is -4.37. The van der Waals surface area contributed by atoms with Gasteiger partial charge in [-0.3, -0.25) is 0 Å². The lowest BCUT2D eigenvalue weighted by Gasteiger charge is -2.12. The van der Waals surface area contributed by atoms with Crippen LogP contribution in [0.1, 0.15) is 11.1 Å². The van der Waals surface area contributed by atoms with Gasteiger partial charge in [0, 0.05) is 11.9 Å². The van der Waals surface area contributed by atoms with Crippen LogP contribution >= 0.6 is 0 Å². The van der Waals surface area contributed by atoms with Crippen LogP contribution in [0.15, 0.2) is 36.5 Å². The molecule has 0 aliphatic heterocycles. The van der Waals surface area contributed by atoms with Crippen LogP contribution in [0.25, 0.3) is 0 Å². The summed E-state index contributed by atoms with van der Waals surface area (Å²) in [6.45, 7) is 1.80. The van der Waals surface area contributed by atoms with Crippen LogP contribution in [-0.2, 0) is 6.18 Å². The molecular weight excluding hydrogens is 255 g/mol. The smallest absolute Gasteiger partial charge is 0.396 e. The third-order valence-corrected chi connectivity index (χ3v) is 2.66. The van der Waals surface area contributed by atoms with Crippen molar-refractivity contribution in [3.05, 3.63) is 47.7 Å². The van der Waals surface area contributed by atoms with Crippen molar-refractivity contribution in [2.24, 2.45) is 0 Å². The van der Waals surface area contributed by atoms with E-state index in [0.29, 0.717) is 17.2 Å². The third kappa shape index (κ3) is 2.96. The molecule has 0 fully saturated rings. The number of halogens is 3. The molecule has 0 aliphatic carbocycles. The maximum atomic E-state index is 12.6. The number of nitrogens with two attached hydrogens (primary N) is 1. The second kappa shape index (κ2) is 4.79. The minimum Gasteiger partial charge on any atom is -0.396 e. The van der Waals surface area contributed by atoms with Crippen molar-refractivity contribution in [2.75, 3.05) is 11.1 Å². The number of rotatable bonds is 2. The Hall–Kier alpha value is -2.24. The lowest BCUT2D eigenvalue weighted by molar-refractivity contribution is -0.137. The van der Waals surface area contributed by atoms with Crippen molar-refractivity contribution in [2.45, 2.75) is 13.1 Å². The van der Waals surface area contributed by atoms with Crippen LogP contribution in [0.2, 0.25) is 0 Å². The second-order valence-corrected chi connectivity index (χ2v) is 4.09. The van der Waals surface area contributed by atoms with Gasteiger partial charge < -0.3 is 11.1 Å². The van der Waals surface area contributed by atoms with Crippen LogP contribution in [0.4, 0.5) is 30.4 Å². The Morgan fingerprint density at radius 1 is 1.21 bits per heavy atom. The lowest BCUT2D eigenvalue weighted by Crippen LogP contribution is -2.06. The van der Waals surface area contributed by atoms with Crippen LogP contribution in [-0.4, -0.2) is 4.98 Å². The van der Waals surface area contributed by atoms with Gasteiger partial charge in [0.2, 0.25) is 0 Å². The Bertz CT molecular complexity index is 594. The topological polar surface area (TPSA) is 50.9 Å². The van der Waals surface area contributed by atoms with Gasteiger partial charge in [0.1, 0.15) is 0 Å². The molecule has 0 bridgehead atoms.